The number of hydrogen-bond acceptors (Lipinski definition) is 2. The van der Waals surface area contributed by atoms with E-state index in [1.165, 1.54) is 100 Å². The SMILES string of the molecule is COC12CCCCC1(C)N(c1ccccc1)c1ccc(-c3cc(-c4ccccc4)c4ccc5c(-c6ccccc6)cc(-c6ccccc6)c6ccc3c4c56)cc12. The summed E-state index contributed by atoms with van der Waals surface area (Å²) in [4.78, 5) is 2.59. The average molecular weight is 722 g/mol. The van der Waals surface area contributed by atoms with E-state index in [1.54, 1.807) is 0 Å². The van der Waals surface area contributed by atoms with Crippen LogP contribution < -0.4 is 4.90 Å². The second-order valence-corrected chi connectivity index (χ2v) is 16.0. The molecule has 9 aromatic rings. The van der Waals surface area contributed by atoms with E-state index in [2.05, 4.69) is 188 Å². The molecule has 270 valence electrons. The summed E-state index contributed by atoms with van der Waals surface area (Å²) in [6, 6.07) is 65.3. The molecule has 0 bridgehead atoms. The van der Waals surface area contributed by atoms with Gasteiger partial charge in [-0.15, -0.1) is 0 Å². The summed E-state index contributed by atoms with van der Waals surface area (Å²) < 4.78 is 6.82. The molecule has 0 aromatic heterocycles. The van der Waals surface area contributed by atoms with E-state index in [0.717, 1.165) is 19.3 Å². The van der Waals surface area contributed by atoms with Crippen molar-refractivity contribution in [2.75, 3.05) is 12.0 Å². The van der Waals surface area contributed by atoms with Crippen molar-refractivity contribution in [2.24, 2.45) is 0 Å². The Morgan fingerprint density at radius 1 is 0.446 bits per heavy atom. The lowest BCUT2D eigenvalue weighted by Crippen LogP contribution is -2.57. The lowest BCUT2D eigenvalue weighted by atomic mass is 9.68. The van der Waals surface area contributed by atoms with Crippen molar-refractivity contribution in [3.63, 3.8) is 0 Å². The third-order valence-electron chi connectivity index (χ3n) is 13.3. The largest absolute Gasteiger partial charge is 0.371 e. The molecule has 0 radical (unpaired) electrons. The van der Waals surface area contributed by atoms with Gasteiger partial charge in [0, 0.05) is 24.0 Å². The zero-order valence-corrected chi connectivity index (χ0v) is 31.9. The van der Waals surface area contributed by atoms with Crippen LogP contribution in [0.25, 0.3) is 76.8 Å². The van der Waals surface area contributed by atoms with Gasteiger partial charge < -0.3 is 9.64 Å². The maximum Gasteiger partial charge on any atom is 0.118 e. The number of anilines is 2. The van der Waals surface area contributed by atoms with Crippen molar-refractivity contribution in [2.45, 2.75) is 43.7 Å². The molecule has 0 N–H and O–H groups in total. The van der Waals surface area contributed by atoms with Crippen LogP contribution in [0.5, 0.6) is 0 Å². The van der Waals surface area contributed by atoms with Crippen LogP contribution in [0.2, 0.25) is 0 Å². The molecule has 2 atom stereocenters. The van der Waals surface area contributed by atoms with Gasteiger partial charge in [0.1, 0.15) is 5.60 Å². The fourth-order valence-corrected chi connectivity index (χ4v) is 10.8. The summed E-state index contributed by atoms with van der Waals surface area (Å²) in [5, 5.41) is 7.76. The highest BCUT2D eigenvalue weighted by molar-refractivity contribution is 6.32. The van der Waals surface area contributed by atoms with E-state index < -0.39 is 5.60 Å². The molecule has 2 aliphatic rings. The molecule has 1 heterocycles. The fourth-order valence-electron chi connectivity index (χ4n) is 10.8. The normalized spacial score (nSPS) is 19.1. The molecule has 56 heavy (non-hydrogen) atoms. The van der Waals surface area contributed by atoms with Crippen LogP contribution in [-0.4, -0.2) is 12.6 Å². The molecule has 0 saturated heterocycles. The summed E-state index contributed by atoms with van der Waals surface area (Å²) in [7, 11) is 1.94. The fraction of sp³-hybridized carbons (Fsp3) is 0.148. The van der Waals surface area contributed by atoms with Crippen molar-refractivity contribution in [3.8, 4) is 44.5 Å². The van der Waals surface area contributed by atoms with Crippen LogP contribution in [0.15, 0.2) is 176 Å². The first-order valence-corrected chi connectivity index (χ1v) is 20.1. The number of rotatable bonds is 6. The smallest absolute Gasteiger partial charge is 0.118 e. The summed E-state index contributed by atoms with van der Waals surface area (Å²) in [6.45, 7) is 2.43. The number of methoxy groups -OCH3 is 1. The van der Waals surface area contributed by atoms with Crippen LogP contribution in [-0.2, 0) is 10.3 Å². The van der Waals surface area contributed by atoms with Gasteiger partial charge in [0.2, 0.25) is 0 Å². The third kappa shape index (κ3) is 4.66. The first-order valence-electron chi connectivity index (χ1n) is 20.1. The van der Waals surface area contributed by atoms with E-state index in [0.29, 0.717) is 0 Å². The average Bonchev–Trinajstić information content (AvgIpc) is 3.50. The minimum absolute atomic E-state index is 0.207. The Labute approximate surface area is 329 Å². The summed E-state index contributed by atoms with van der Waals surface area (Å²) >= 11 is 0. The first kappa shape index (κ1) is 33.1. The van der Waals surface area contributed by atoms with Gasteiger partial charge in [0.25, 0.3) is 0 Å². The third-order valence-corrected chi connectivity index (χ3v) is 13.3. The van der Waals surface area contributed by atoms with Crippen LogP contribution in [0.3, 0.4) is 0 Å². The molecule has 11 rings (SSSR count). The van der Waals surface area contributed by atoms with Gasteiger partial charge in [0.05, 0.1) is 5.54 Å². The number of benzene rings is 9. The first-order chi connectivity index (χ1) is 27.6. The Morgan fingerprint density at radius 2 is 0.875 bits per heavy atom. The molecule has 9 aromatic carbocycles. The minimum Gasteiger partial charge on any atom is -0.371 e. The van der Waals surface area contributed by atoms with Crippen LogP contribution in [0, 0.1) is 0 Å². The van der Waals surface area contributed by atoms with E-state index >= 15 is 0 Å². The quantitative estimate of drug-likeness (QED) is 0.159. The molecular weight excluding hydrogens is 679 g/mol. The highest BCUT2D eigenvalue weighted by Crippen LogP contribution is 2.62. The Morgan fingerprint density at radius 3 is 1.34 bits per heavy atom. The molecule has 1 fully saturated rings. The molecule has 1 aliphatic carbocycles. The Hall–Kier alpha value is -6.22. The molecule has 1 aliphatic heterocycles. The zero-order valence-electron chi connectivity index (χ0n) is 31.9. The number of hydrogen-bond donors (Lipinski definition) is 0. The monoisotopic (exact) mass is 721 g/mol. The Bertz CT molecular complexity index is 2840. The molecule has 0 spiro atoms. The van der Waals surface area contributed by atoms with Gasteiger partial charge in [-0.3, -0.25) is 0 Å². The van der Waals surface area contributed by atoms with Crippen LogP contribution in [0.1, 0.15) is 38.2 Å². The van der Waals surface area contributed by atoms with Crippen molar-refractivity contribution in [1.82, 2.24) is 0 Å². The highest BCUT2D eigenvalue weighted by atomic mass is 16.5. The highest BCUT2D eigenvalue weighted by Gasteiger charge is 2.61. The van der Waals surface area contributed by atoms with Gasteiger partial charge in [-0.2, -0.15) is 0 Å². The zero-order chi connectivity index (χ0) is 37.4. The lowest BCUT2D eigenvalue weighted by Gasteiger charge is -2.50. The van der Waals surface area contributed by atoms with E-state index in [4.69, 9.17) is 4.74 Å². The van der Waals surface area contributed by atoms with Crippen molar-refractivity contribution >= 4 is 43.7 Å². The summed E-state index contributed by atoms with van der Waals surface area (Å²) in [5.74, 6) is 0. The maximum atomic E-state index is 6.82. The molecular formula is C54H43NO. The van der Waals surface area contributed by atoms with Gasteiger partial charge in [-0.05, 0) is 133 Å². The lowest BCUT2D eigenvalue weighted by molar-refractivity contribution is -0.0871. The van der Waals surface area contributed by atoms with E-state index in [1.807, 2.05) is 7.11 Å². The molecule has 1 saturated carbocycles. The van der Waals surface area contributed by atoms with Gasteiger partial charge in [0.15, 0.2) is 0 Å². The Kier molecular flexibility index (Phi) is 7.49. The van der Waals surface area contributed by atoms with E-state index in [-0.39, 0.29) is 5.54 Å². The molecule has 2 heteroatoms. The number of nitrogens with zero attached hydrogens (tertiary/aromatic N) is 1. The van der Waals surface area contributed by atoms with Crippen molar-refractivity contribution < 1.29 is 4.74 Å². The minimum atomic E-state index is -0.423. The van der Waals surface area contributed by atoms with Crippen molar-refractivity contribution in [3.05, 3.63) is 181 Å². The van der Waals surface area contributed by atoms with Crippen LogP contribution >= 0.6 is 0 Å². The molecule has 2 nitrogen and oxygen atoms in total. The molecule has 0 amide bonds. The second kappa shape index (κ2) is 12.7. The van der Waals surface area contributed by atoms with Gasteiger partial charge in [-0.1, -0.05) is 152 Å². The maximum absolute atomic E-state index is 6.82. The van der Waals surface area contributed by atoms with E-state index in [9.17, 15) is 0 Å². The summed E-state index contributed by atoms with van der Waals surface area (Å²) in [6.07, 6.45) is 4.42. The Balaban J connectivity index is 1.24. The van der Waals surface area contributed by atoms with Crippen LogP contribution in [0.4, 0.5) is 11.4 Å². The topological polar surface area (TPSA) is 12.5 Å². The van der Waals surface area contributed by atoms with Gasteiger partial charge >= 0.3 is 0 Å². The van der Waals surface area contributed by atoms with Crippen molar-refractivity contribution in [1.29, 1.82) is 0 Å². The predicted octanol–water partition coefficient (Wildman–Crippen LogP) is 14.6. The standard InChI is InChI=1S/C54H43NO/c1-53-31-15-16-32-54(53,56-2)49-33-39(25-30-50(49)55(53)40-23-13-6-14-24-40)48-35-47(38-21-11-5-12-22-38)43-27-26-41-45(36-17-7-3-8-18-36)34-46(37-19-9-4-10-20-37)42-28-29-44(48)52(43)51(41)42/h3-14,17-30,33-35H,15-16,31-32H2,1-2H3. The number of para-hydroxylation sites is 1. The number of ether oxygens (including phenoxy) is 1. The number of fused-ring (bicyclic) bond motifs is 3. The predicted molar refractivity (Wildman–Crippen MR) is 236 cm³/mol. The summed E-state index contributed by atoms with van der Waals surface area (Å²) in [5.41, 5.74) is 13.1. The second-order valence-electron chi connectivity index (χ2n) is 16.0. The molecule has 2 unspecified atom stereocenters. The van der Waals surface area contributed by atoms with Gasteiger partial charge in [-0.25, -0.2) is 0 Å².